The molecule has 0 aromatic carbocycles. The normalized spacial score (nSPS) is 28.0. The van der Waals surface area contributed by atoms with Gasteiger partial charge in [0, 0.05) is 25.0 Å². The molecule has 0 radical (unpaired) electrons. The average molecular weight is 268 g/mol. The Bertz CT molecular complexity index is 257. The molecule has 0 N–H and O–H groups in total. The number of likely N-dealkylation sites (N-methyl/N-ethyl adjacent to an activating group) is 1. The fourth-order valence-electron chi connectivity index (χ4n) is 3.02. The number of hydrogen-bond donors (Lipinski definition) is 0. The van der Waals surface area contributed by atoms with Crippen molar-refractivity contribution < 1.29 is 4.79 Å². The third-order valence-corrected chi connectivity index (χ3v) is 4.46. The van der Waals surface area contributed by atoms with E-state index in [1.807, 2.05) is 0 Å². The Labute approximate surface area is 119 Å². The lowest BCUT2D eigenvalue weighted by molar-refractivity contribution is -0.119. The number of carbonyl (C=O) groups is 1. The van der Waals surface area contributed by atoms with Gasteiger partial charge in [0.05, 0.1) is 0 Å². The first-order chi connectivity index (χ1) is 9.01. The zero-order chi connectivity index (χ0) is 14.3. The van der Waals surface area contributed by atoms with Crippen molar-refractivity contribution in [3.05, 3.63) is 0 Å². The summed E-state index contributed by atoms with van der Waals surface area (Å²) in [6, 6.07) is 0. The van der Waals surface area contributed by atoms with Crippen LogP contribution in [-0.4, -0.2) is 56.4 Å². The van der Waals surface area contributed by atoms with Crippen molar-refractivity contribution in [2.45, 2.75) is 46.0 Å². The van der Waals surface area contributed by atoms with E-state index < -0.39 is 0 Å². The first-order valence-electron chi connectivity index (χ1n) is 7.85. The summed E-state index contributed by atoms with van der Waals surface area (Å²) < 4.78 is 0. The first kappa shape index (κ1) is 16.6. The van der Waals surface area contributed by atoms with E-state index in [0.29, 0.717) is 0 Å². The lowest BCUT2D eigenvalue weighted by Gasteiger charge is -2.39. The van der Waals surface area contributed by atoms with Gasteiger partial charge in [-0.2, -0.15) is 0 Å². The highest BCUT2D eigenvalue weighted by Crippen LogP contribution is 2.37. The molecule has 0 atom stereocenters. The smallest absolute Gasteiger partial charge is 0.127 e. The minimum atomic E-state index is -0.0615. The third kappa shape index (κ3) is 5.62. The molecule has 0 aromatic rings. The molecule has 0 spiro atoms. The number of carbonyl (C=O) groups excluding carboxylic acids is 1. The highest BCUT2D eigenvalue weighted by molar-refractivity contribution is 5.60. The van der Waals surface area contributed by atoms with Crippen LogP contribution in [-0.2, 0) is 4.79 Å². The molecule has 3 nitrogen and oxygen atoms in total. The Morgan fingerprint density at radius 3 is 2.26 bits per heavy atom. The van der Waals surface area contributed by atoms with Crippen LogP contribution >= 0.6 is 0 Å². The zero-order valence-electron chi connectivity index (χ0n) is 13.3. The van der Waals surface area contributed by atoms with Crippen LogP contribution in [0.4, 0.5) is 0 Å². The summed E-state index contributed by atoms with van der Waals surface area (Å²) in [7, 11) is 4.23. The van der Waals surface area contributed by atoms with Crippen LogP contribution in [0, 0.1) is 11.3 Å². The molecule has 1 saturated carbocycles. The van der Waals surface area contributed by atoms with Crippen molar-refractivity contribution in [1.82, 2.24) is 9.80 Å². The molecule has 112 valence electrons. The van der Waals surface area contributed by atoms with Gasteiger partial charge in [-0.25, -0.2) is 0 Å². The van der Waals surface area contributed by atoms with E-state index >= 15 is 0 Å². The van der Waals surface area contributed by atoms with Gasteiger partial charge in [-0.15, -0.1) is 0 Å². The van der Waals surface area contributed by atoms with E-state index in [2.05, 4.69) is 37.7 Å². The van der Waals surface area contributed by atoms with Crippen LogP contribution in [0.3, 0.4) is 0 Å². The highest BCUT2D eigenvalue weighted by atomic mass is 16.1. The molecule has 0 saturated heterocycles. The SMILES string of the molecule is CCCN(CCN(C)C)CC1(C=O)CCC(C)CC1. The molecule has 0 aliphatic heterocycles. The molecule has 1 aliphatic rings. The van der Waals surface area contributed by atoms with Crippen molar-refractivity contribution in [3.8, 4) is 0 Å². The summed E-state index contributed by atoms with van der Waals surface area (Å²) in [4.78, 5) is 16.3. The van der Waals surface area contributed by atoms with Crippen LogP contribution in [0.2, 0.25) is 0 Å². The van der Waals surface area contributed by atoms with Gasteiger partial charge in [0.1, 0.15) is 6.29 Å². The van der Waals surface area contributed by atoms with Crippen LogP contribution in [0.1, 0.15) is 46.0 Å². The number of aldehydes is 1. The minimum Gasteiger partial charge on any atom is -0.308 e. The second-order valence-corrected chi connectivity index (χ2v) is 6.74. The maximum Gasteiger partial charge on any atom is 0.127 e. The van der Waals surface area contributed by atoms with Gasteiger partial charge in [0.15, 0.2) is 0 Å². The van der Waals surface area contributed by atoms with Gasteiger partial charge >= 0.3 is 0 Å². The van der Waals surface area contributed by atoms with Crippen molar-refractivity contribution in [1.29, 1.82) is 0 Å². The lowest BCUT2D eigenvalue weighted by Crippen LogP contribution is -2.43. The number of nitrogens with zero attached hydrogens (tertiary/aromatic N) is 2. The summed E-state index contributed by atoms with van der Waals surface area (Å²) in [5, 5.41) is 0. The second-order valence-electron chi connectivity index (χ2n) is 6.74. The molecule has 0 unspecified atom stereocenters. The monoisotopic (exact) mass is 268 g/mol. The van der Waals surface area contributed by atoms with Gasteiger partial charge < -0.3 is 14.6 Å². The van der Waals surface area contributed by atoms with Crippen molar-refractivity contribution >= 4 is 6.29 Å². The summed E-state index contributed by atoms with van der Waals surface area (Å²) in [5.74, 6) is 0.800. The highest BCUT2D eigenvalue weighted by Gasteiger charge is 2.35. The Morgan fingerprint density at radius 2 is 1.79 bits per heavy atom. The maximum atomic E-state index is 11.6. The van der Waals surface area contributed by atoms with Crippen LogP contribution in [0.5, 0.6) is 0 Å². The molecule has 19 heavy (non-hydrogen) atoms. The van der Waals surface area contributed by atoms with E-state index in [-0.39, 0.29) is 5.41 Å². The fourth-order valence-corrected chi connectivity index (χ4v) is 3.02. The van der Waals surface area contributed by atoms with Crippen LogP contribution < -0.4 is 0 Å². The predicted octanol–water partition coefficient (Wildman–Crippen LogP) is 2.66. The van der Waals surface area contributed by atoms with E-state index in [1.54, 1.807) is 0 Å². The Balaban J connectivity index is 2.56. The van der Waals surface area contributed by atoms with Crippen molar-refractivity contribution in [3.63, 3.8) is 0 Å². The number of hydrogen-bond acceptors (Lipinski definition) is 3. The summed E-state index contributed by atoms with van der Waals surface area (Å²) >= 11 is 0. The molecule has 0 aromatic heterocycles. The summed E-state index contributed by atoms with van der Waals surface area (Å²) in [6.07, 6.45) is 7.02. The molecule has 0 bridgehead atoms. The molecule has 1 fully saturated rings. The van der Waals surface area contributed by atoms with Gasteiger partial charge in [-0.05, 0) is 58.7 Å². The van der Waals surface area contributed by atoms with E-state index in [0.717, 1.165) is 44.9 Å². The minimum absolute atomic E-state index is 0.0615. The van der Waals surface area contributed by atoms with Gasteiger partial charge in [0.2, 0.25) is 0 Å². The maximum absolute atomic E-state index is 11.6. The van der Waals surface area contributed by atoms with E-state index in [1.165, 1.54) is 25.5 Å². The standard InChI is InChI=1S/C16H32N2O/c1-5-10-18(12-11-17(3)4)13-16(14-19)8-6-15(2)7-9-16/h14-15H,5-13H2,1-4H3. The van der Waals surface area contributed by atoms with Gasteiger partial charge in [-0.1, -0.05) is 13.8 Å². The second kappa shape index (κ2) is 8.01. The lowest BCUT2D eigenvalue weighted by atomic mass is 9.71. The molecule has 1 rings (SSSR count). The predicted molar refractivity (Wildman–Crippen MR) is 81.4 cm³/mol. The Kier molecular flexibility index (Phi) is 7.01. The average Bonchev–Trinajstić information content (AvgIpc) is 2.39. The van der Waals surface area contributed by atoms with Gasteiger partial charge in [0.25, 0.3) is 0 Å². The van der Waals surface area contributed by atoms with Crippen LogP contribution in [0.25, 0.3) is 0 Å². The van der Waals surface area contributed by atoms with E-state index in [4.69, 9.17) is 0 Å². The molecule has 3 heteroatoms. The quantitative estimate of drug-likeness (QED) is 0.632. The van der Waals surface area contributed by atoms with Crippen molar-refractivity contribution in [2.24, 2.45) is 11.3 Å². The molecule has 1 aliphatic carbocycles. The summed E-state index contributed by atoms with van der Waals surface area (Å²) in [5.41, 5.74) is -0.0615. The molecule has 0 heterocycles. The number of rotatable bonds is 8. The molecular weight excluding hydrogens is 236 g/mol. The van der Waals surface area contributed by atoms with E-state index in [9.17, 15) is 4.79 Å². The first-order valence-corrected chi connectivity index (χ1v) is 7.85. The Hall–Kier alpha value is -0.410. The topological polar surface area (TPSA) is 23.6 Å². The zero-order valence-corrected chi connectivity index (χ0v) is 13.3. The Morgan fingerprint density at radius 1 is 1.16 bits per heavy atom. The third-order valence-electron chi connectivity index (χ3n) is 4.46. The molecular formula is C16H32N2O. The fraction of sp³-hybridized carbons (Fsp3) is 0.938. The summed E-state index contributed by atoms with van der Waals surface area (Å²) in [6.45, 7) is 8.75. The van der Waals surface area contributed by atoms with Crippen molar-refractivity contribution in [2.75, 3.05) is 40.3 Å². The largest absolute Gasteiger partial charge is 0.308 e. The van der Waals surface area contributed by atoms with Crippen LogP contribution in [0.15, 0.2) is 0 Å². The molecule has 0 amide bonds. The van der Waals surface area contributed by atoms with Gasteiger partial charge in [-0.3, -0.25) is 0 Å².